The summed E-state index contributed by atoms with van der Waals surface area (Å²) >= 11 is 0. The fourth-order valence-electron chi connectivity index (χ4n) is 2.06. The fourth-order valence-corrected chi connectivity index (χ4v) is 2.06. The van der Waals surface area contributed by atoms with Gasteiger partial charge in [0.1, 0.15) is 0 Å². The van der Waals surface area contributed by atoms with Gasteiger partial charge in [0, 0.05) is 43.9 Å². The largest absolute Gasteiger partial charge is 0.378 e. The summed E-state index contributed by atoms with van der Waals surface area (Å²) < 4.78 is 6.87. The molecular formula is C13H18N2O3. The molecule has 1 amide bonds. The van der Waals surface area contributed by atoms with Crippen LogP contribution in [-0.2, 0) is 11.8 Å². The molecule has 0 radical (unpaired) electrons. The summed E-state index contributed by atoms with van der Waals surface area (Å²) in [6.07, 6.45) is 2.75. The van der Waals surface area contributed by atoms with E-state index in [4.69, 9.17) is 4.74 Å². The molecule has 1 saturated heterocycles. The topological polar surface area (TPSA) is 60.3 Å². The van der Waals surface area contributed by atoms with Gasteiger partial charge in [0.05, 0.1) is 6.10 Å². The number of hydrogen-bond acceptors (Lipinski definition) is 3. The average Bonchev–Trinajstić information content (AvgIpc) is 2.75. The van der Waals surface area contributed by atoms with E-state index in [1.165, 1.54) is 10.6 Å². The zero-order valence-electron chi connectivity index (χ0n) is 10.7. The van der Waals surface area contributed by atoms with Gasteiger partial charge in [-0.3, -0.25) is 9.59 Å². The standard InChI is InChI=1S/C13H18N2O3/c1-9-11(4-6-18-9)8-14-13(17)10-3-5-15(2)12(16)7-10/h3,5,7,9,11H,4,6,8H2,1-2H3,(H,14,17). The van der Waals surface area contributed by atoms with Crippen molar-refractivity contribution in [3.05, 3.63) is 34.2 Å². The summed E-state index contributed by atoms with van der Waals surface area (Å²) in [6.45, 7) is 3.37. The quantitative estimate of drug-likeness (QED) is 0.851. The van der Waals surface area contributed by atoms with E-state index in [9.17, 15) is 9.59 Å². The van der Waals surface area contributed by atoms with Crippen LogP contribution in [0.25, 0.3) is 0 Å². The second-order valence-electron chi connectivity index (χ2n) is 4.70. The lowest BCUT2D eigenvalue weighted by Gasteiger charge is -2.14. The predicted molar refractivity (Wildman–Crippen MR) is 67.5 cm³/mol. The minimum absolute atomic E-state index is 0.180. The van der Waals surface area contributed by atoms with E-state index < -0.39 is 0 Å². The van der Waals surface area contributed by atoms with Crippen LogP contribution in [0.2, 0.25) is 0 Å². The van der Waals surface area contributed by atoms with Gasteiger partial charge in [0.2, 0.25) is 0 Å². The molecule has 5 heteroatoms. The Morgan fingerprint density at radius 3 is 3.00 bits per heavy atom. The number of rotatable bonds is 3. The highest BCUT2D eigenvalue weighted by atomic mass is 16.5. The summed E-state index contributed by atoms with van der Waals surface area (Å²) in [5, 5.41) is 2.85. The number of nitrogens with one attached hydrogen (secondary N) is 1. The minimum atomic E-state index is -0.202. The van der Waals surface area contributed by atoms with E-state index in [0.717, 1.165) is 13.0 Å². The molecule has 1 aromatic heterocycles. The van der Waals surface area contributed by atoms with Crippen molar-refractivity contribution in [1.29, 1.82) is 0 Å². The Labute approximate surface area is 106 Å². The number of hydrogen-bond donors (Lipinski definition) is 1. The molecule has 98 valence electrons. The van der Waals surface area contributed by atoms with Gasteiger partial charge in [-0.2, -0.15) is 0 Å². The molecule has 1 aliphatic heterocycles. The molecule has 18 heavy (non-hydrogen) atoms. The Morgan fingerprint density at radius 2 is 2.39 bits per heavy atom. The Bertz CT molecular complexity index is 495. The lowest BCUT2D eigenvalue weighted by molar-refractivity contribution is 0.0907. The molecule has 2 heterocycles. The summed E-state index contributed by atoms with van der Waals surface area (Å²) in [5.74, 6) is 0.160. The van der Waals surface area contributed by atoms with Crippen molar-refractivity contribution in [3.8, 4) is 0 Å². The van der Waals surface area contributed by atoms with Crippen LogP contribution in [-0.4, -0.2) is 29.7 Å². The molecule has 0 aromatic carbocycles. The number of carbonyl (C=O) groups is 1. The van der Waals surface area contributed by atoms with Gasteiger partial charge >= 0.3 is 0 Å². The SMILES string of the molecule is CC1OCCC1CNC(=O)c1ccn(C)c(=O)c1. The maximum absolute atomic E-state index is 11.9. The number of amides is 1. The number of pyridine rings is 1. The average molecular weight is 250 g/mol. The van der Waals surface area contributed by atoms with Gasteiger partial charge < -0.3 is 14.6 Å². The first-order valence-corrected chi connectivity index (χ1v) is 6.14. The Hall–Kier alpha value is -1.62. The van der Waals surface area contributed by atoms with Crippen LogP contribution in [0.3, 0.4) is 0 Å². The lowest BCUT2D eigenvalue weighted by Crippen LogP contribution is -2.32. The molecule has 0 bridgehead atoms. The molecule has 2 atom stereocenters. The molecular weight excluding hydrogens is 232 g/mol. The third kappa shape index (κ3) is 2.79. The van der Waals surface area contributed by atoms with Gasteiger partial charge in [-0.25, -0.2) is 0 Å². The van der Waals surface area contributed by atoms with Crippen molar-refractivity contribution in [2.24, 2.45) is 13.0 Å². The summed E-state index contributed by atoms with van der Waals surface area (Å²) in [4.78, 5) is 23.3. The molecule has 0 saturated carbocycles. The summed E-state index contributed by atoms with van der Waals surface area (Å²) in [6, 6.07) is 3.00. The Morgan fingerprint density at radius 1 is 1.61 bits per heavy atom. The zero-order chi connectivity index (χ0) is 13.1. The van der Waals surface area contributed by atoms with Crippen molar-refractivity contribution in [1.82, 2.24) is 9.88 Å². The highest BCUT2D eigenvalue weighted by molar-refractivity contribution is 5.93. The fraction of sp³-hybridized carbons (Fsp3) is 0.538. The number of aryl methyl sites for hydroxylation is 1. The van der Waals surface area contributed by atoms with Gasteiger partial charge in [-0.05, 0) is 19.4 Å². The van der Waals surface area contributed by atoms with Gasteiger partial charge in [-0.1, -0.05) is 0 Å². The van der Waals surface area contributed by atoms with E-state index in [-0.39, 0.29) is 17.6 Å². The maximum atomic E-state index is 11.9. The molecule has 1 fully saturated rings. The van der Waals surface area contributed by atoms with E-state index in [1.807, 2.05) is 6.92 Å². The van der Waals surface area contributed by atoms with Crippen LogP contribution < -0.4 is 10.9 Å². The smallest absolute Gasteiger partial charge is 0.251 e. The van der Waals surface area contributed by atoms with E-state index in [0.29, 0.717) is 18.0 Å². The molecule has 1 aliphatic rings. The normalized spacial score (nSPS) is 23.0. The van der Waals surface area contributed by atoms with E-state index >= 15 is 0 Å². The number of nitrogens with zero attached hydrogens (tertiary/aromatic N) is 1. The first kappa shape index (κ1) is 12.8. The van der Waals surface area contributed by atoms with Crippen LogP contribution in [0.1, 0.15) is 23.7 Å². The Kier molecular flexibility index (Phi) is 3.81. The first-order chi connectivity index (χ1) is 8.58. The highest BCUT2D eigenvalue weighted by Crippen LogP contribution is 2.19. The van der Waals surface area contributed by atoms with Crippen LogP contribution in [0.5, 0.6) is 0 Å². The van der Waals surface area contributed by atoms with Crippen LogP contribution in [0.4, 0.5) is 0 Å². The molecule has 1 N–H and O–H groups in total. The molecule has 0 aliphatic carbocycles. The van der Waals surface area contributed by atoms with Crippen molar-refractivity contribution in [2.75, 3.05) is 13.2 Å². The van der Waals surface area contributed by atoms with E-state index in [2.05, 4.69) is 5.32 Å². The van der Waals surface area contributed by atoms with Crippen molar-refractivity contribution >= 4 is 5.91 Å². The molecule has 2 unspecified atom stereocenters. The van der Waals surface area contributed by atoms with Gasteiger partial charge in [-0.15, -0.1) is 0 Å². The van der Waals surface area contributed by atoms with Gasteiger partial charge in [0.15, 0.2) is 0 Å². The molecule has 5 nitrogen and oxygen atoms in total. The molecule has 1 aromatic rings. The third-order valence-corrected chi connectivity index (χ3v) is 3.42. The molecule has 0 spiro atoms. The monoisotopic (exact) mass is 250 g/mol. The summed E-state index contributed by atoms with van der Waals surface area (Å²) in [7, 11) is 1.65. The zero-order valence-corrected chi connectivity index (χ0v) is 10.7. The van der Waals surface area contributed by atoms with Crippen molar-refractivity contribution in [2.45, 2.75) is 19.4 Å². The van der Waals surface area contributed by atoms with Gasteiger partial charge in [0.25, 0.3) is 11.5 Å². The first-order valence-electron chi connectivity index (χ1n) is 6.14. The van der Waals surface area contributed by atoms with Crippen molar-refractivity contribution in [3.63, 3.8) is 0 Å². The number of aromatic nitrogens is 1. The van der Waals surface area contributed by atoms with E-state index in [1.54, 1.807) is 19.3 Å². The maximum Gasteiger partial charge on any atom is 0.251 e. The number of ether oxygens (including phenoxy) is 1. The summed E-state index contributed by atoms with van der Waals surface area (Å²) in [5.41, 5.74) is 0.227. The van der Waals surface area contributed by atoms with Crippen LogP contribution >= 0.6 is 0 Å². The van der Waals surface area contributed by atoms with Crippen LogP contribution in [0.15, 0.2) is 23.1 Å². The second kappa shape index (κ2) is 5.35. The predicted octanol–water partition coefficient (Wildman–Crippen LogP) is 0.540. The number of carbonyl (C=O) groups excluding carboxylic acids is 1. The van der Waals surface area contributed by atoms with Crippen LogP contribution in [0, 0.1) is 5.92 Å². The lowest BCUT2D eigenvalue weighted by atomic mass is 10.0. The highest BCUT2D eigenvalue weighted by Gasteiger charge is 2.24. The second-order valence-corrected chi connectivity index (χ2v) is 4.70. The minimum Gasteiger partial charge on any atom is -0.378 e. The third-order valence-electron chi connectivity index (χ3n) is 3.42. The Balaban J connectivity index is 1.95. The molecule has 2 rings (SSSR count). The van der Waals surface area contributed by atoms with Crippen molar-refractivity contribution < 1.29 is 9.53 Å².